The van der Waals surface area contributed by atoms with E-state index in [0.717, 1.165) is 30.6 Å². The van der Waals surface area contributed by atoms with Crippen molar-refractivity contribution in [2.45, 2.75) is 17.2 Å². The first kappa shape index (κ1) is 24.6. The molecule has 7 nitrogen and oxygen atoms in total. The highest BCUT2D eigenvalue weighted by molar-refractivity contribution is 7.90. The lowest BCUT2D eigenvalue weighted by atomic mass is 10.1. The molecule has 8 heteroatoms. The monoisotopic (exact) mass is 510 g/mol. The largest absolute Gasteiger partial charge is 0.336 e. The van der Waals surface area contributed by atoms with Crippen LogP contribution in [0.5, 0.6) is 0 Å². The molecular formula is C29H26N4O3S. The van der Waals surface area contributed by atoms with Crippen LogP contribution in [0.15, 0.2) is 90.0 Å². The van der Waals surface area contributed by atoms with E-state index >= 15 is 0 Å². The van der Waals surface area contributed by atoms with Crippen molar-refractivity contribution in [2.75, 3.05) is 26.2 Å². The van der Waals surface area contributed by atoms with E-state index < -0.39 is 9.84 Å². The average Bonchev–Trinajstić information content (AvgIpc) is 2.93. The maximum absolute atomic E-state index is 13.1. The Bertz CT molecular complexity index is 1580. The lowest BCUT2D eigenvalue weighted by molar-refractivity contribution is 0.0628. The predicted octanol–water partition coefficient (Wildman–Crippen LogP) is 4.72. The molecule has 0 spiro atoms. The molecule has 4 aromatic rings. The van der Waals surface area contributed by atoms with Gasteiger partial charge in [-0.2, -0.15) is 0 Å². The number of para-hydroxylation sites is 1. The Hall–Kier alpha value is -4.06. The third-order valence-electron chi connectivity index (χ3n) is 6.59. The number of rotatable bonds is 6. The highest BCUT2D eigenvalue weighted by atomic mass is 32.2. The molecule has 0 N–H and O–H groups in total. The fourth-order valence-corrected chi connectivity index (χ4v) is 6.18. The van der Waals surface area contributed by atoms with E-state index in [1.165, 1.54) is 0 Å². The Morgan fingerprint density at radius 2 is 1.62 bits per heavy atom. The van der Waals surface area contributed by atoms with Crippen molar-refractivity contribution >= 4 is 32.3 Å². The number of aromatic nitrogens is 1. The highest BCUT2D eigenvalue weighted by Crippen LogP contribution is 2.24. The maximum atomic E-state index is 13.1. The third kappa shape index (κ3) is 5.53. The number of nitrogens with zero attached hydrogens (tertiary/aromatic N) is 4. The fourth-order valence-electron chi connectivity index (χ4n) is 4.64. The molecule has 1 amide bonds. The van der Waals surface area contributed by atoms with Gasteiger partial charge in [0.2, 0.25) is 0 Å². The van der Waals surface area contributed by atoms with Crippen LogP contribution < -0.4 is 0 Å². The second-order valence-corrected chi connectivity index (χ2v) is 11.1. The smallest absolute Gasteiger partial charge is 0.253 e. The van der Waals surface area contributed by atoms with Gasteiger partial charge in [-0.25, -0.2) is 13.3 Å². The van der Waals surface area contributed by atoms with Crippen LogP contribution in [-0.2, 0) is 22.1 Å². The van der Waals surface area contributed by atoms with E-state index in [4.69, 9.17) is 6.57 Å². The molecule has 0 radical (unpaired) electrons. The molecule has 1 fully saturated rings. The summed E-state index contributed by atoms with van der Waals surface area (Å²) < 4.78 is 26.3. The number of piperazine rings is 1. The number of pyridine rings is 1. The zero-order valence-corrected chi connectivity index (χ0v) is 21.1. The molecule has 0 bridgehead atoms. The zero-order valence-electron chi connectivity index (χ0n) is 20.2. The second-order valence-electron chi connectivity index (χ2n) is 9.14. The molecule has 1 aliphatic heterocycles. The fraction of sp³-hybridized carbons (Fsp3) is 0.207. The Labute approximate surface area is 216 Å². The van der Waals surface area contributed by atoms with E-state index in [9.17, 15) is 13.2 Å². The summed E-state index contributed by atoms with van der Waals surface area (Å²) in [6, 6.07) is 23.2. The van der Waals surface area contributed by atoms with Crippen LogP contribution in [0.1, 0.15) is 21.5 Å². The van der Waals surface area contributed by atoms with Crippen LogP contribution in [-0.4, -0.2) is 55.3 Å². The predicted molar refractivity (Wildman–Crippen MR) is 143 cm³/mol. The molecule has 37 heavy (non-hydrogen) atoms. The second kappa shape index (κ2) is 10.5. The molecular weight excluding hydrogens is 484 g/mol. The quantitative estimate of drug-likeness (QED) is 0.351. The van der Waals surface area contributed by atoms with Gasteiger partial charge in [0, 0.05) is 49.9 Å². The van der Waals surface area contributed by atoms with Gasteiger partial charge in [0.15, 0.2) is 15.5 Å². The number of hydrogen-bond donors (Lipinski definition) is 0. The summed E-state index contributed by atoms with van der Waals surface area (Å²) in [5, 5.41) is 0.779. The molecule has 3 aromatic carbocycles. The Balaban J connectivity index is 1.21. The summed E-state index contributed by atoms with van der Waals surface area (Å²) in [6.45, 7) is 10.7. The Kier molecular flexibility index (Phi) is 6.99. The van der Waals surface area contributed by atoms with Crippen molar-refractivity contribution in [2.24, 2.45) is 0 Å². The van der Waals surface area contributed by atoms with Crippen molar-refractivity contribution in [3.63, 3.8) is 0 Å². The summed E-state index contributed by atoms with van der Waals surface area (Å²) in [5.41, 5.74) is 3.37. The van der Waals surface area contributed by atoms with Crippen molar-refractivity contribution < 1.29 is 13.2 Å². The first-order chi connectivity index (χ1) is 17.9. The minimum Gasteiger partial charge on any atom is -0.336 e. The standard InChI is InChI=1S/C29H26N4O3S/c1-30-26-8-2-5-23(19-26)20-32-15-17-33(18-16-32)29(34)25-12-10-22(11-13-25)21-37(35,36)27-9-3-6-24-7-4-14-31-28(24)27/h2-14,19H,15-18,20-21H2. The van der Waals surface area contributed by atoms with Gasteiger partial charge < -0.3 is 4.90 Å². The first-order valence-electron chi connectivity index (χ1n) is 12.1. The number of benzene rings is 3. The first-order valence-corrected chi connectivity index (χ1v) is 13.7. The van der Waals surface area contributed by atoms with Gasteiger partial charge in [0.25, 0.3) is 5.91 Å². The van der Waals surface area contributed by atoms with Gasteiger partial charge in [-0.3, -0.25) is 14.7 Å². The molecule has 1 aliphatic rings. The van der Waals surface area contributed by atoms with E-state index in [1.807, 2.05) is 35.2 Å². The van der Waals surface area contributed by atoms with Gasteiger partial charge >= 0.3 is 0 Å². The number of carbonyl (C=O) groups is 1. The maximum Gasteiger partial charge on any atom is 0.253 e. The van der Waals surface area contributed by atoms with Crippen molar-refractivity contribution in [3.05, 3.63) is 113 Å². The topological polar surface area (TPSA) is 74.9 Å². The number of fused-ring (bicyclic) bond motifs is 1. The molecule has 1 saturated heterocycles. The van der Waals surface area contributed by atoms with E-state index in [2.05, 4.69) is 14.7 Å². The minimum atomic E-state index is -3.61. The van der Waals surface area contributed by atoms with Crippen molar-refractivity contribution in [3.8, 4) is 0 Å². The van der Waals surface area contributed by atoms with Gasteiger partial charge in [-0.05, 0) is 35.4 Å². The molecule has 2 heterocycles. The van der Waals surface area contributed by atoms with Gasteiger partial charge in [0.1, 0.15) is 0 Å². The molecule has 0 saturated carbocycles. The van der Waals surface area contributed by atoms with E-state index in [0.29, 0.717) is 35.4 Å². The zero-order chi connectivity index (χ0) is 25.8. The number of carbonyl (C=O) groups excluding carboxylic acids is 1. The number of hydrogen-bond acceptors (Lipinski definition) is 5. The normalized spacial score (nSPS) is 14.4. The van der Waals surface area contributed by atoms with E-state index in [-0.39, 0.29) is 16.6 Å². The van der Waals surface area contributed by atoms with Crippen LogP contribution in [0.25, 0.3) is 15.7 Å². The lowest BCUT2D eigenvalue weighted by Gasteiger charge is -2.35. The summed E-state index contributed by atoms with van der Waals surface area (Å²) in [7, 11) is -3.61. The molecule has 0 unspecified atom stereocenters. The SMILES string of the molecule is [C-]#[N+]c1cccc(CN2CCN(C(=O)c3ccc(CS(=O)(=O)c4cccc5cccnc45)cc3)CC2)c1. The molecule has 5 rings (SSSR count). The van der Waals surface area contributed by atoms with Crippen molar-refractivity contribution in [1.29, 1.82) is 0 Å². The summed E-state index contributed by atoms with van der Waals surface area (Å²) in [5.74, 6) is -0.216. The minimum absolute atomic E-state index is 0.0534. The van der Waals surface area contributed by atoms with Crippen LogP contribution in [0.2, 0.25) is 0 Å². The lowest BCUT2D eigenvalue weighted by Crippen LogP contribution is -2.48. The third-order valence-corrected chi connectivity index (χ3v) is 8.31. The molecule has 186 valence electrons. The van der Waals surface area contributed by atoms with Gasteiger partial charge in [-0.15, -0.1) is 0 Å². The van der Waals surface area contributed by atoms with Crippen LogP contribution in [0.3, 0.4) is 0 Å². The van der Waals surface area contributed by atoms with Gasteiger partial charge in [0.05, 0.1) is 22.7 Å². The summed E-state index contributed by atoms with van der Waals surface area (Å²) >= 11 is 0. The van der Waals surface area contributed by atoms with Crippen LogP contribution in [0.4, 0.5) is 5.69 Å². The summed E-state index contributed by atoms with van der Waals surface area (Å²) in [6.07, 6.45) is 1.59. The Morgan fingerprint density at radius 3 is 2.38 bits per heavy atom. The van der Waals surface area contributed by atoms with Gasteiger partial charge in [-0.1, -0.05) is 54.6 Å². The molecule has 1 aromatic heterocycles. The Morgan fingerprint density at radius 1 is 0.892 bits per heavy atom. The highest BCUT2D eigenvalue weighted by Gasteiger charge is 2.23. The van der Waals surface area contributed by atoms with E-state index in [1.54, 1.807) is 54.7 Å². The molecule has 0 aliphatic carbocycles. The number of sulfone groups is 1. The molecule has 0 atom stereocenters. The van der Waals surface area contributed by atoms with Crippen LogP contribution >= 0.6 is 0 Å². The average molecular weight is 511 g/mol. The summed E-state index contributed by atoms with van der Waals surface area (Å²) in [4.78, 5) is 25.1. The number of amides is 1. The van der Waals surface area contributed by atoms with Crippen molar-refractivity contribution in [1.82, 2.24) is 14.8 Å². The van der Waals surface area contributed by atoms with Crippen LogP contribution in [0, 0.1) is 6.57 Å².